The predicted octanol–water partition coefficient (Wildman–Crippen LogP) is 1.97. The molecule has 0 aliphatic carbocycles. The van der Waals surface area contributed by atoms with E-state index < -0.39 is 0 Å². The third kappa shape index (κ3) is 4.76. The van der Waals surface area contributed by atoms with E-state index in [4.69, 9.17) is 14.9 Å². The van der Waals surface area contributed by atoms with Crippen LogP contribution in [0.5, 0.6) is 0 Å². The van der Waals surface area contributed by atoms with E-state index >= 15 is 0 Å². The summed E-state index contributed by atoms with van der Waals surface area (Å²) in [6.45, 7) is 2.02. The number of benzene rings is 1. The summed E-state index contributed by atoms with van der Waals surface area (Å²) in [4.78, 5) is 23.3. The molecule has 1 aliphatic rings. The average molecular weight is 432 g/mol. The van der Waals surface area contributed by atoms with Gasteiger partial charge in [0.1, 0.15) is 5.82 Å². The van der Waals surface area contributed by atoms with E-state index in [1.807, 2.05) is 22.8 Å². The van der Waals surface area contributed by atoms with Gasteiger partial charge in [0.25, 0.3) is 0 Å². The van der Waals surface area contributed by atoms with Gasteiger partial charge >= 0.3 is 5.76 Å². The number of oxazole rings is 1. The third-order valence-electron chi connectivity index (χ3n) is 5.13. The Balaban J connectivity index is 1.40. The Bertz CT molecular complexity index is 1070. The number of fused-ring (bicyclic) bond motifs is 1. The standard InChI is InChI=1S/C20H25N5O4S/c21-17(26)8-9-18-22-23-19(25(18)13-14-5-3-11-28-14)30-12-4-10-24-15-6-1-2-7-16(15)29-20(24)27/h1-2,6-7,14H,3-5,8-13H2,(H2,21,26). The minimum Gasteiger partial charge on any atom is -0.408 e. The average Bonchev–Trinajstić information content (AvgIpc) is 3.44. The number of amides is 1. The first-order valence-corrected chi connectivity index (χ1v) is 11.1. The van der Waals surface area contributed by atoms with E-state index in [-0.39, 0.29) is 24.2 Å². The Morgan fingerprint density at radius 3 is 2.93 bits per heavy atom. The number of aryl methyl sites for hydroxylation is 2. The van der Waals surface area contributed by atoms with E-state index in [1.54, 1.807) is 22.4 Å². The number of carbonyl (C=O) groups is 1. The number of aromatic nitrogens is 4. The minimum absolute atomic E-state index is 0.142. The Morgan fingerprint density at radius 1 is 1.27 bits per heavy atom. The highest BCUT2D eigenvalue weighted by Gasteiger charge is 2.21. The fourth-order valence-electron chi connectivity index (χ4n) is 3.63. The zero-order valence-electron chi connectivity index (χ0n) is 16.7. The molecule has 1 saturated heterocycles. The van der Waals surface area contributed by atoms with E-state index in [2.05, 4.69) is 10.2 Å². The topological polar surface area (TPSA) is 118 Å². The van der Waals surface area contributed by atoms with Gasteiger partial charge in [-0.3, -0.25) is 9.36 Å². The van der Waals surface area contributed by atoms with Gasteiger partial charge in [-0.1, -0.05) is 23.9 Å². The van der Waals surface area contributed by atoms with Crippen molar-refractivity contribution in [1.29, 1.82) is 0 Å². The largest absolute Gasteiger partial charge is 0.419 e. The summed E-state index contributed by atoms with van der Waals surface area (Å²) in [6.07, 6.45) is 3.69. The number of para-hydroxylation sites is 2. The molecule has 1 aromatic carbocycles. The lowest BCUT2D eigenvalue weighted by Crippen LogP contribution is -2.19. The highest BCUT2D eigenvalue weighted by Crippen LogP contribution is 2.23. The predicted molar refractivity (Wildman–Crippen MR) is 112 cm³/mol. The zero-order valence-corrected chi connectivity index (χ0v) is 17.5. The lowest BCUT2D eigenvalue weighted by atomic mass is 10.2. The molecule has 10 heteroatoms. The van der Waals surface area contributed by atoms with Gasteiger partial charge in [0.05, 0.1) is 18.2 Å². The molecule has 4 rings (SSSR count). The molecule has 1 unspecified atom stereocenters. The molecular weight excluding hydrogens is 406 g/mol. The molecule has 2 aromatic heterocycles. The number of nitrogens with zero attached hydrogens (tertiary/aromatic N) is 4. The number of thioether (sulfide) groups is 1. The molecule has 30 heavy (non-hydrogen) atoms. The highest BCUT2D eigenvalue weighted by atomic mass is 32.2. The monoisotopic (exact) mass is 431 g/mol. The summed E-state index contributed by atoms with van der Waals surface area (Å²) in [5, 5.41) is 9.39. The molecule has 160 valence electrons. The molecule has 9 nitrogen and oxygen atoms in total. The quantitative estimate of drug-likeness (QED) is 0.385. The van der Waals surface area contributed by atoms with Crippen molar-refractivity contribution >= 4 is 28.8 Å². The SMILES string of the molecule is NC(=O)CCc1nnc(SCCCn2c(=O)oc3ccccc32)n1CC1CCCO1. The Kier molecular flexibility index (Phi) is 6.53. The maximum absolute atomic E-state index is 12.1. The second-order valence-corrected chi connectivity index (χ2v) is 8.36. The molecule has 3 aromatic rings. The first-order valence-electron chi connectivity index (χ1n) is 10.1. The van der Waals surface area contributed by atoms with E-state index in [1.165, 1.54) is 0 Å². The fraction of sp³-hybridized carbons (Fsp3) is 0.500. The van der Waals surface area contributed by atoms with Crippen molar-refractivity contribution in [2.24, 2.45) is 5.73 Å². The lowest BCUT2D eigenvalue weighted by Gasteiger charge is -2.14. The summed E-state index contributed by atoms with van der Waals surface area (Å²) < 4.78 is 14.7. The first-order chi connectivity index (χ1) is 14.6. The van der Waals surface area contributed by atoms with Gasteiger partial charge in [-0.05, 0) is 31.4 Å². The van der Waals surface area contributed by atoms with Crippen LogP contribution in [0.2, 0.25) is 0 Å². The van der Waals surface area contributed by atoms with Crippen LogP contribution in [0.4, 0.5) is 0 Å². The summed E-state index contributed by atoms with van der Waals surface area (Å²) >= 11 is 1.59. The minimum atomic E-state index is -0.353. The van der Waals surface area contributed by atoms with Crippen LogP contribution >= 0.6 is 11.8 Å². The van der Waals surface area contributed by atoms with Gasteiger partial charge in [0.2, 0.25) is 5.91 Å². The number of rotatable bonds is 10. The van der Waals surface area contributed by atoms with Crippen LogP contribution in [0.3, 0.4) is 0 Å². The smallest absolute Gasteiger partial charge is 0.408 e. The van der Waals surface area contributed by atoms with Crippen molar-refractivity contribution in [1.82, 2.24) is 19.3 Å². The van der Waals surface area contributed by atoms with Crippen LogP contribution in [-0.4, -0.2) is 43.7 Å². The Hall–Kier alpha value is -2.59. The summed E-state index contributed by atoms with van der Waals surface area (Å²) in [5.41, 5.74) is 6.71. The van der Waals surface area contributed by atoms with Crippen molar-refractivity contribution in [3.8, 4) is 0 Å². The van der Waals surface area contributed by atoms with Crippen LogP contribution in [-0.2, 0) is 29.0 Å². The molecule has 3 heterocycles. The number of hydrogen-bond acceptors (Lipinski definition) is 7. The van der Waals surface area contributed by atoms with Crippen LogP contribution in [0.1, 0.15) is 31.5 Å². The summed E-state index contributed by atoms with van der Waals surface area (Å²) in [6, 6.07) is 7.42. The molecule has 1 atom stereocenters. The van der Waals surface area contributed by atoms with Crippen molar-refractivity contribution in [3.05, 3.63) is 40.6 Å². The van der Waals surface area contributed by atoms with Crippen LogP contribution in [0, 0.1) is 0 Å². The van der Waals surface area contributed by atoms with Gasteiger partial charge < -0.3 is 19.5 Å². The van der Waals surface area contributed by atoms with Crippen LogP contribution < -0.4 is 11.5 Å². The van der Waals surface area contributed by atoms with Crippen LogP contribution in [0.25, 0.3) is 11.1 Å². The molecule has 2 N–H and O–H groups in total. The Labute approximate surface area is 177 Å². The van der Waals surface area contributed by atoms with Crippen molar-refractivity contribution < 1.29 is 13.9 Å². The van der Waals surface area contributed by atoms with E-state index in [0.29, 0.717) is 25.1 Å². The number of carbonyl (C=O) groups excluding carboxylic acids is 1. The molecule has 0 bridgehead atoms. The highest BCUT2D eigenvalue weighted by molar-refractivity contribution is 7.99. The van der Waals surface area contributed by atoms with Gasteiger partial charge in [-0.2, -0.15) is 0 Å². The van der Waals surface area contributed by atoms with Gasteiger partial charge in [0.15, 0.2) is 10.7 Å². The number of ether oxygens (including phenoxy) is 1. The van der Waals surface area contributed by atoms with Crippen LogP contribution in [0.15, 0.2) is 38.6 Å². The van der Waals surface area contributed by atoms with E-state index in [9.17, 15) is 9.59 Å². The van der Waals surface area contributed by atoms with Crippen molar-refractivity contribution in [2.45, 2.75) is 56.5 Å². The molecule has 1 amide bonds. The normalized spacial score (nSPS) is 16.5. The molecule has 1 fully saturated rings. The molecule has 1 aliphatic heterocycles. The van der Waals surface area contributed by atoms with Gasteiger partial charge in [-0.25, -0.2) is 4.79 Å². The second-order valence-electron chi connectivity index (χ2n) is 7.30. The zero-order chi connectivity index (χ0) is 20.9. The lowest BCUT2D eigenvalue weighted by molar-refractivity contribution is -0.118. The third-order valence-corrected chi connectivity index (χ3v) is 6.18. The molecule has 0 saturated carbocycles. The summed E-state index contributed by atoms with van der Waals surface area (Å²) in [7, 11) is 0. The molecule has 0 radical (unpaired) electrons. The number of primary amides is 1. The first kappa shape index (κ1) is 20.7. The van der Waals surface area contributed by atoms with Gasteiger partial charge in [-0.15, -0.1) is 10.2 Å². The molecular formula is C20H25N5O4S. The second kappa shape index (κ2) is 9.48. The maximum atomic E-state index is 12.1. The van der Waals surface area contributed by atoms with E-state index in [0.717, 1.165) is 48.1 Å². The van der Waals surface area contributed by atoms with Crippen molar-refractivity contribution in [2.75, 3.05) is 12.4 Å². The number of hydrogen-bond donors (Lipinski definition) is 1. The summed E-state index contributed by atoms with van der Waals surface area (Å²) in [5.74, 6) is 0.833. The maximum Gasteiger partial charge on any atom is 0.419 e. The number of nitrogens with two attached hydrogens (primary N) is 1. The van der Waals surface area contributed by atoms with Crippen molar-refractivity contribution in [3.63, 3.8) is 0 Å². The van der Waals surface area contributed by atoms with Gasteiger partial charge in [0, 0.05) is 31.7 Å². The fourth-order valence-corrected chi connectivity index (χ4v) is 4.52. The Morgan fingerprint density at radius 2 is 2.13 bits per heavy atom. The molecule has 0 spiro atoms.